The van der Waals surface area contributed by atoms with Crippen molar-refractivity contribution in [1.29, 1.82) is 0 Å². The van der Waals surface area contributed by atoms with Crippen LogP contribution < -0.4 is 10.1 Å². The number of imidazole rings is 1. The van der Waals surface area contributed by atoms with Crippen molar-refractivity contribution in [1.82, 2.24) is 14.9 Å². The zero-order valence-corrected chi connectivity index (χ0v) is 10.9. The van der Waals surface area contributed by atoms with Gasteiger partial charge in [0, 0.05) is 32.0 Å². The Morgan fingerprint density at radius 2 is 2.28 bits per heavy atom. The Balaban J connectivity index is 1.76. The zero-order valence-electron chi connectivity index (χ0n) is 10.9. The van der Waals surface area contributed by atoms with E-state index in [9.17, 15) is 0 Å². The molecule has 0 atom stereocenters. The molecule has 0 aliphatic heterocycles. The first-order valence-electron chi connectivity index (χ1n) is 6.11. The highest BCUT2D eigenvalue weighted by molar-refractivity contribution is 5.28. The number of aryl methyl sites for hydroxylation is 1. The molecule has 0 aliphatic carbocycles. The Hall–Kier alpha value is -1.81. The number of benzene rings is 1. The Morgan fingerprint density at radius 1 is 1.39 bits per heavy atom. The van der Waals surface area contributed by atoms with Gasteiger partial charge >= 0.3 is 0 Å². The third-order valence-corrected chi connectivity index (χ3v) is 2.92. The number of hydrogen-bond acceptors (Lipinski definition) is 3. The van der Waals surface area contributed by atoms with Crippen LogP contribution in [-0.2, 0) is 13.1 Å². The molecule has 0 radical (unpaired) electrons. The molecular formula is C14H19N3O. The van der Waals surface area contributed by atoms with Crippen molar-refractivity contribution in [2.45, 2.75) is 20.0 Å². The highest BCUT2D eigenvalue weighted by Gasteiger charge is 1.97. The first-order valence-corrected chi connectivity index (χ1v) is 6.11. The fourth-order valence-electron chi connectivity index (χ4n) is 1.85. The minimum atomic E-state index is 0.852. The van der Waals surface area contributed by atoms with Crippen LogP contribution in [0.3, 0.4) is 0 Å². The molecule has 4 nitrogen and oxygen atoms in total. The molecule has 1 N–H and O–H groups in total. The molecule has 0 spiro atoms. The molecule has 0 unspecified atom stereocenters. The molecule has 1 aromatic carbocycles. The summed E-state index contributed by atoms with van der Waals surface area (Å²) >= 11 is 0. The predicted molar refractivity (Wildman–Crippen MR) is 71.7 cm³/mol. The minimum absolute atomic E-state index is 0.852. The fourth-order valence-corrected chi connectivity index (χ4v) is 1.85. The van der Waals surface area contributed by atoms with E-state index in [4.69, 9.17) is 4.74 Å². The van der Waals surface area contributed by atoms with Crippen molar-refractivity contribution in [3.05, 3.63) is 48.0 Å². The van der Waals surface area contributed by atoms with Gasteiger partial charge in [0.15, 0.2) is 0 Å². The lowest BCUT2D eigenvalue weighted by molar-refractivity contribution is 0.414. The van der Waals surface area contributed by atoms with Crippen LogP contribution in [0.2, 0.25) is 0 Å². The summed E-state index contributed by atoms with van der Waals surface area (Å²) in [7, 11) is 1.69. The number of aromatic nitrogens is 2. The maximum Gasteiger partial charge on any atom is 0.119 e. The second-order valence-corrected chi connectivity index (χ2v) is 4.20. The van der Waals surface area contributed by atoms with Gasteiger partial charge in [0.1, 0.15) is 11.6 Å². The van der Waals surface area contributed by atoms with Crippen LogP contribution in [0, 0.1) is 6.92 Å². The number of nitrogens with zero attached hydrogens (tertiary/aromatic N) is 2. The van der Waals surface area contributed by atoms with Crippen molar-refractivity contribution in [2.24, 2.45) is 0 Å². The number of rotatable bonds is 6. The monoisotopic (exact) mass is 245 g/mol. The quantitative estimate of drug-likeness (QED) is 0.791. The Bertz CT molecular complexity index is 493. The second kappa shape index (κ2) is 6.21. The van der Waals surface area contributed by atoms with Crippen LogP contribution in [0.15, 0.2) is 36.7 Å². The fraction of sp³-hybridized carbons (Fsp3) is 0.357. The lowest BCUT2D eigenvalue weighted by Crippen LogP contribution is -2.19. The molecule has 96 valence electrons. The maximum atomic E-state index is 5.20. The van der Waals surface area contributed by atoms with E-state index in [0.29, 0.717) is 0 Å². The first kappa shape index (κ1) is 12.6. The summed E-state index contributed by atoms with van der Waals surface area (Å²) in [4.78, 5) is 4.19. The molecule has 0 bridgehead atoms. The van der Waals surface area contributed by atoms with E-state index in [1.54, 1.807) is 7.11 Å². The molecule has 4 heteroatoms. The van der Waals surface area contributed by atoms with Crippen molar-refractivity contribution < 1.29 is 4.74 Å². The number of methoxy groups -OCH3 is 1. The highest BCUT2D eigenvalue weighted by Crippen LogP contribution is 2.11. The van der Waals surface area contributed by atoms with Crippen LogP contribution in [0.25, 0.3) is 0 Å². The Kier molecular flexibility index (Phi) is 4.36. The molecule has 0 saturated carbocycles. The maximum absolute atomic E-state index is 5.20. The van der Waals surface area contributed by atoms with Crippen LogP contribution >= 0.6 is 0 Å². The van der Waals surface area contributed by atoms with E-state index >= 15 is 0 Å². The summed E-state index contributed by atoms with van der Waals surface area (Å²) in [5, 5.41) is 3.41. The second-order valence-electron chi connectivity index (χ2n) is 4.20. The van der Waals surface area contributed by atoms with E-state index in [1.165, 1.54) is 5.56 Å². The first-order chi connectivity index (χ1) is 8.79. The summed E-state index contributed by atoms with van der Waals surface area (Å²) in [5.41, 5.74) is 1.23. The normalized spacial score (nSPS) is 10.6. The Morgan fingerprint density at radius 3 is 3.00 bits per heavy atom. The lowest BCUT2D eigenvalue weighted by Gasteiger charge is -2.08. The Labute approximate surface area is 108 Å². The summed E-state index contributed by atoms with van der Waals surface area (Å²) < 4.78 is 7.33. The third-order valence-electron chi connectivity index (χ3n) is 2.92. The summed E-state index contributed by atoms with van der Waals surface area (Å²) in [6.07, 6.45) is 3.83. The SMILES string of the molecule is COc1cccc(CNCCn2ccnc2C)c1. The highest BCUT2D eigenvalue weighted by atomic mass is 16.5. The van der Waals surface area contributed by atoms with Crippen LogP contribution in [0.4, 0.5) is 0 Å². The van der Waals surface area contributed by atoms with Crippen LogP contribution in [0.1, 0.15) is 11.4 Å². The molecule has 0 aliphatic rings. The summed E-state index contributed by atoms with van der Waals surface area (Å²) in [5.74, 6) is 1.96. The molecule has 0 fully saturated rings. The standard InChI is InChI=1S/C14H19N3O/c1-12-16-7-9-17(12)8-6-15-11-13-4-3-5-14(10-13)18-2/h3-5,7,9-10,15H,6,8,11H2,1-2H3. The molecule has 2 rings (SSSR count). The molecule has 18 heavy (non-hydrogen) atoms. The lowest BCUT2D eigenvalue weighted by atomic mass is 10.2. The molecule has 2 aromatic rings. The minimum Gasteiger partial charge on any atom is -0.497 e. The van der Waals surface area contributed by atoms with Gasteiger partial charge in [0.2, 0.25) is 0 Å². The zero-order chi connectivity index (χ0) is 12.8. The average Bonchev–Trinajstić information content (AvgIpc) is 2.81. The molecular weight excluding hydrogens is 226 g/mol. The summed E-state index contributed by atoms with van der Waals surface area (Å²) in [6, 6.07) is 8.11. The average molecular weight is 245 g/mol. The van der Waals surface area contributed by atoms with E-state index < -0.39 is 0 Å². The van der Waals surface area contributed by atoms with Gasteiger partial charge in [-0.3, -0.25) is 0 Å². The topological polar surface area (TPSA) is 39.1 Å². The smallest absolute Gasteiger partial charge is 0.119 e. The van der Waals surface area contributed by atoms with Crippen LogP contribution in [0.5, 0.6) is 5.75 Å². The summed E-state index contributed by atoms with van der Waals surface area (Å²) in [6.45, 7) is 4.73. The van der Waals surface area contributed by atoms with Crippen molar-refractivity contribution >= 4 is 0 Å². The van der Waals surface area contributed by atoms with Gasteiger partial charge in [-0.2, -0.15) is 0 Å². The van der Waals surface area contributed by atoms with E-state index in [-0.39, 0.29) is 0 Å². The molecule has 0 saturated heterocycles. The van der Waals surface area contributed by atoms with Crippen molar-refractivity contribution in [3.63, 3.8) is 0 Å². The van der Waals surface area contributed by atoms with Crippen molar-refractivity contribution in [3.8, 4) is 5.75 Å². The number of ether oxygens (including phenoxy) is 1. The van der Waals surface area contributed by atoms with Gasteiger partial charge in [-0.05, 0) is 24.6 Å². The van der Waals surface area contributed by atoms with Crippen LogP contribution in [-0.4, -0.2) is 23.2 Å². The van der Waals surface area contributed by atoms with Gasteiger partial charge in [0.25, 0.3) is 0 Å². The van der Waals surface area contributed by atoms with Gasteiger partial charge in [-0.1, -0.05) is 12.1 Å². The van der Waals surface area contributed by atoms with Crippen molar-refractivity contribution in [2.75, 3.05) is 13.7 Å². The largest absolute Gasteiger partial charge is 0.497 e. The third kappa shape index (κ3) is 3.34. The van der Waals surface area contributed by atoms with Gasteiger partial charge < -0.3 is 14.6 Å². The molecule has 1 heterocycles. The van der Waals surface area contributed by atoms with Gasteiger partial charge in [-0.15, -0.1) is 0 Å². The van der Waals surface area contributed by atoms with E-state index in [0.717, 1.165) is 31.2 Å². The van der Waals surface area contributed by atoms with Gasteiger partial charge in [-0.25, -0.2) is 4.98 Å². The van der Waals surface area contributed by atoms with Gasteiger partial charge in [0.05, 0.1) is 7.11 Å². The van der Waals surface area contributed by atoms with E-state index in [1.807, 2.05) is 31.5 Å². The number of hydrogen-bond donors (Lipinski definition) is 1. The number of nitrogens with one attached hydrogen (secondary N) is 1. The molecule has 0 amide bonds. The predicted octanol–water partition coefficient (Wildman–Crippen LogP) is 1.99. The molecule has 1 aromatic heterocycles. The van der Waals surface area contributed by atoms with E-state index in [2.05, 4.69) is 27.0 Å².